The first-order valence-electron chi connectivity index (χ1n) is 11.1. The van der Waals surface area contributed by atoms with E-state index in [0.717, 1.165) is 24.8 Å². The molecule has 4 rings (SSSR count). The van der Waals surface area contributed by atoms with E-state index in [0.29, 0.717) is 12.0 Å². The van der Waals surface area contributed by atoms with E-state index in [1.807, 2.05) is 12.2 Å². The van der Waals surface area contributed by atoms with Crippen LogP contribution >= 0.6 is 0 Å². The molecule has 0 bridgehead atoms. The number of Topliss-reactive ketones (excluding diaryl/α,β-unsaturated/α-hetero) is 1. The van der Waals surface area contributed by atoms with Crippen molar-refractivity contribution in [1.29, 1.82) is 0 Å². The summed E-state index contributed by atoms with van der Waals surface area (Å²) in [7, 11) is 0. The zero-order chi connectivity index (χ0) is 21.8. The van der Waals surface area contributed by atoms with Crippen LogP contribution in [0.15, 0.2) is 35.5 Å². The maximum Gasteiger partial charge on any atom is 0.308 e. The van der Waals surface area contributed by atoms with Crippen molar-refractivity contribution < 1.29 is 24.2 Å². The van der Waals surface area contributed by atoms with Gasteiger partial charge in [0.1, 0.15) is 0 Å². The Morgan fingerprint density at radius 2 is 2.03 bits per heavy atom. The largest absolute Gasteiger partial charge is 0.457 e. The summed E-state index contributed by atoms with van der Waals surface area (Å²) in [5.41, 5.74) is 1.12. The molecule has 0 aromatic carbocycles. The number of hydrogen-bond acceptors (Lipinski definition) is 5. The maximum atomic E-state index is 12.9. The third kappa shape index (κ3) is 3.13. The average molecular weight is 413 g/mol. The van der Waals surface area contributed by atoms with Crippen LogP contribution in [0.4, 0.5) is 0 Å². The molecule has 5 nitrogen and oxygen atoms in total. The Kier molecular flexibility index (Phi) is 5.16. The Morgan fingerprint density at radius 3 is 2.73 bits per heavy atom. The van der Waals surface area contributed by atoms with E-state index in [9.17, 15) is 19.5 Å². The quantitative estimate of drug-likeness (QED) is 0.714. The lowest BCUT2D eigenvalue weighted by atomic mass is 9.47. The number of carbonyl (C=O) groups excluding carboxylic acids is 3. The normalized spacial score (nSPS) is 39.6. The molecule has 0 unspecified atom stereocenters. The van der Waals surface area contributed by atoms with Crippen molar-refractivity contribution in [3.63, 3.8) is 0 Å². The molecule has 0 amide bonds. The molecule has 1 N–H and O–H groups in total. The van der Waals surface area contributed by atoms with Gasteiger partial charge >= 0.3 is 5.97 Å². The minimum atomic E-state index is -0.560. The number of ketones is 2. The minimum Gasteiger partial charge on any atom is -0.457 e. The second-order valence-corrected chi connectivity index (χ2v) is 10.3. The van der Waals surface area contributed by atoms with Gasteiger partial charge in [0.25, 0.3) is 0 Å². The highest BCUT2D eigenvalue weighted by molar-refractivity contribution is 6.01. The van der Waals surface area contributed by atoms with Gasteiger partial charge in [-0.1, -0.05) is 45.4 Å². The van der Waals surface area contributed by atoms with Gasteiger partial charge in [-0.05, 0) is 49.7 Å². The number of carbonyl (C=O) groups is 3. The van der Waals surface area contributed by atoms with Crippen molar-refractivity contribution in [2.75, 3.05) is 6.61 Å². The first-order chi connectivity index (χ1) is 14.1. The predicted octanol–water partition coefficient (Wildman–Crippen LogP) is 3.57. The SMILES string of the molecule is CC(C)C(=O)OCC(=O)C1=CC[C@H]2[C@@H]3CCC4=CC(=O)C=C[C@]4(C)[C@H]3[C@@H](O)C[C@]12C. The number of aliphatic hydroxyl groups is 1. The maximum absolute atomic E-state index is 12.9. The van der Waals surface area contributed by atoms with Crippen molar-refractivity contribution in [3.8, 4) is 0 Å². The number of hydrogen-bond donors (Lipinski definition) is 1. The van der Waals surface area contributed by atoms with E-state index in [4.69, 9.17) is 4.74 Å². The summed E-state index contributed by atoms with van der Waals surface area (Å²) in [5, 5.41) is 11.3. The molecule has 30 heavy (non-hydrogen) atoms. The number of allylic oxidation sites excluding steroid dienone is 5. The molecule has 0 heterocycles. The second-order valence-electron chi connectivity index (χ2n) is 10.3. The van der Waals surface area contributed by atoms with Crippen LogP contribution < -0.4 is 0 Å². The monoisotopic (exact) mass is 412 g/mol. The molecule has 6 atom stereocenters. The van der Waals surface area contributed by atoms with Crippen LogP contribution in [0.3, 0.4) is 0 Å². The number of esters is 1. The number of rotatable bonds is 4. The molecule has 2 saturated carbocycles. The Morgan fingerprint density at radius 1 is 1.30 bits per heavy atom. The van der Waals surface area contributed by atoms with Gasteiger partial charge in [-0.2, -0.15) is 0 Å². The van der Waals surface area contributed by atoms with Gasteiger partial charge in [0.2, 0.25) is 0 Å². The van der Waals surface area contributed by atoms with E-state index < -0.39 is 11.5 Å². The molecule has 4 aliphatic carbocycles. The molecule has 0 aromatic rings. The lowest BCUT2D eigenvalue weighted by Crippen LogP contribution is -2.55. The molecule has 0 radical (unpaired) electrons. The third-order valence-electron chi connectivity index (χ3n) is 8.19. The van der Waals surface area contributed by atoms with Crippen LogP contribution in [0.25, 0.3) is 0 Å². The summed E-state index contributed by atoms with van der Waals surface area (Å²) in [6.07, 6.45) is 9.92. The molecule has 0 saturated heterocycles. The zero-order valence-electron chi connectivity index (χ0n) is 18.3. The highest BCUT2D eigenvalue weighted by Crippen LogP contribution is 2.64. The fourth-order valence-electron chi connectivity index (χ4n) is 6.71. The molecule has 5 heteroatoms. The van der Waals surface area contributed by atoms with Gasteiger partial charge < -0.3 is 9.84 Å². The van der Waals surface area contributed by atoms with Gasteiger partial charge in [0.05, 0.1) is 12.0 Å². The Bertz CT molecular complexity index is 878. The fraction of sp³-hybridized carbons (Fsp3) is 0.640. The van der Waals surface area contributed by atoms with E-state index in [1.54, 1.807) is 26.0 Å². The lowest BCUT2D eigenvalue weighted by molar-refractivity contribution is -0.151. The Balaban J connectivity index is 1.57. The van der Waals surface area contributed by atoms with E-state index >= 15 is 0 Å². The topological polar surface area (TPSA) is 80.7 Å². The highest BCUT2D eigenvalue weighted by atomic mass is 16.5. The smallest absolute Gasteiger partial charge is 0.308 e. The zero-order valence-corrected chi connectivity index (χ0v) is 18.3. The van der Waals surface area contributed by atoms with Crippen molar-refractivity contribution in [2.45, 2.75) is 59.5 Å². The molecule has 162 valence electrons. The van der Waals surface area contributed by atoms with Crippen LogP contribution in [-0.2, 0) is 19.1 Å². The summed E-state index contributed by atoms with van der Waals surface area (Å²) in [5.74, 6) is -0.162. The molecule has 2 fully saturated rings. The van der Waals surface area contributed by atoms with Crippen LogP contribution in [-0.4, -0.2) is 35.4 Å². The van der Waals surface area contributed by atoms with Gasteiger partial charge in [-0.25, -0.2) is 0 Å². The average Bonchev–Trinajstić information content (AvgIpc) is 3.02. The van der Waals surface area contributed by atoms with Crippen LogP contribution in [0.2, 0.25) is 0 Å². The molecule has 0 aromatic heterocycles. The van der Waals surface area contributed by atoms with Gasteiger partial charge in [0.15, 0.2) is 18.2 Å². The molecule has 4 aliphatic rings. The molecular weight excluding hydrogens is 380 g/mol. The fourth-order valence-corrected chi connectivity index (χ4v) is 6.71. The summed E-state index contributed by atoms with van der Waals surface area (Å²) in [6.45, 7) is 7.49. The van der Waals surface area contributed by atoms with Crippen LogP contribution in [0.1, 0.15) is 53.4 Å². The Labute approximate surface area is 178 Å². The molecule has 0 aliphatic heterocycles. The summed E-state index contributed by atoms with van der Waals surface area (Å²) >= 11 is 0. The lowest BCUT2D eigenvalue weighted by Gasteiger charge is -2.58. The standard InChI is InChI=1S/C25H32O5/c1-14(2)23(29)30-13-21(28)19-8-7-18-17-6-5-15-11-16(26)9-10-24(15,3)22(17)20(27)12-25(18,19)4/h8-11,14,17-18,20,22,27H,5-7,12-13H2,1-4H3/t17-,18-,20-,22+,24-,25-/m0/s1. The summed E-state index contributed by atoms with van der Waals surface area (Å²) < 4.78 is 5.19. The van der Waals surface area contributed by atoms with Crippen LogP contribution in [0.5, 0.6) is 0 Å². The summed E-state index contributed by atoms with van der Waals surface area (Å²) in [6, 6.07) is 0. The first kappa shape index (κ1) is 21.2. The van der Waals surface area contributed by atoms with Gasteiger partial charge in [-0.3, -0.25) is 14.4 Å². The van der Waals surface area contributed by atoms with E-state index in [1.165, 1.54) is 0 Å². The van der Waals surface area contributed by atoms with Crippen molar-refractivity contribution in [1.82, 2.24) is 0 Å². The number of fused-ring (bicyclic) bond motifs is 5. The van der Waals surface area contributed by atoms with E-state index in [2.05, 4.69) is 13.8 Å². The molecular formula is C25H32O5. The van der Waals surface area contributed by atoms with Crippen LogP contribution in [0, 0.1) is 34.5 Å². The van der Waals surface area contributed by atoms with Gasteiger partial charge in [0, 0.05) is 22.3 Å². The third-order valence-corrected chi connectivity index (χ3v) is 8.19. The minimum absolute atomic E-state index is 0.0300. The number of ether oxygens (including phenoxy) is 1. The summed E-state index contributed by atoms with van der Waals surface area (Å²) in [4.78, 5) is 36.6. The predicted molar refractivity (Wildman–Crippen MR) is 112 cm³/mol. The first-order valence-corrected chi connectivity index (χ1v) is 11.1. The van der Waals surface area contributed by atoms with Gasteiger partial charge in [-0.15, -0.1) is 0 Å². The number of aliphatic hydroxyl groups excluding tert-OH is 1. The highest BCUT2D eigenvalue weighted by Gasteiger charge is 2.60. The Hall–Kier alpha value is -2.01. The van der Waals surface area contributed by atoms with Crippen molar-refractivity contribution in [2.24, 2.45) is 34.5 Å². The van der Waals surface area contributed by atoms with Crippen molar-refractivity contribution >= 4 is 17.5 Å². The molecule has 0 spiro atoms. The van der Waals surface area contributed by atoms with Crippen molar-refractivity contribution in [3.05, 3.63) is 35.5 Å². The second kappa shape index (κ2) is 7.30. The van der Waals surface area contributed by atoms with E-state index in [-0.39, 0.29) is 53.2 Å².